The minimum atomic E-state index is -4.31. The first kappa shape index (κ1) is 14.3. The molecular formula is C12H17F3N2O2. The molecule has 2 rings (SSSR count). The number of halogens is 3. The second kappa shape index (κ2) is 6.38. The second-order valence-electron chi connectivity index (χ2n) is 4.66. The van der Waals surface area contributed by atoms with Crippen molar-refractivity contribution in [1.29, 1.82) is 0 Å². The van der Waals surface area contributed by atoms with E-state index in [-0.39, 0.29) is 6.61 Å². The van der Waals surface area contributed by atoms with Crippen LogP contribution >= 0.6 is 0 Å². The lowest BCUT2D eigenvalue weighted by Gasteiger charge is -2.05. The highest BCUT2D eigenvalue weighted by Gasteiger charge is 2.27. The number of ether oxygens (including phenoxy) is 1. The van der Waals surface area contributed by atoms with Gasteiger partial charge in [0.2, 0.25) is 0 Å². The quantitative estimate of drug-likeness (QED) is 0.742. The number of hydrogen-bond acceptors (Lipinski definition) is 4. The fraction of sp³-hybridized carbons (Fsp3) is 0.750. The second-order valence-corrected chi connectivity index (χ2v) is 4.66. The van der Waals surface area contributed by atoms with E-state index in [4.69, 9.17) is 4.42 Å². The van der Waals surface area contributed by atoms with Gasteiger partial charge in [-0.25, -0.2) is 4.98 Å². The number of rotatable bonds is 8. The summed E-state index contributed by atoms with van der Waals surface area (Å²) in [7, 11) is 0. The highest BCUT2D eigenvalue weighted by molar-refractivity contribution is 4.93. The van der Waals surface area contributed by atoms with Crippen LogP contribution in [0.25, 0.3) is 0 Å². The fourth-order valence-corrected chi connectivity index (χ4v) is 1.63. The molecule has 0 amide bonds. The van der Waals surface area contributed by atoms with Crippen molar-refractivity contribution in [2.45, 2.75) is 44.5 Å². The molecule has 0 spiro atoms. The lowest BCUT2D eigenvalue weighted by Crippen LogP contribution is -2.17. The Bertz CT molecular complexity index is 389. The summed E-state index contributed by atoms with van der Waals surface area (Å²) in [5.41, 5.74) is 0. The van der Waals surface area contributed by atoms with Crippen LogP contribution in [0.1, 0.15) is 30.9 Å². The van der Waals surface area contributed by atoms with Gasteiger partial charge >= 0.3 is 6.18 Å². The van der Waals surface area contributed by atoms with Crippen LogP contribution in [-0.2, 0) is 17.8 Å². The van der Waals surface area contributed by atoms with Crippen molar-refractivity contribution < 1.29 is 22.3 Å². The van der Waals surface area contributed by atoms with Gasteiger partial charge in [0, 0.05) is 12.5 Å². The van der Waals surface area contributed by atoms with Gasteiger partial charge < -0.3 is 14.5 Å². The molecule has 7 heteroatoms. The van der Waals surface area contributed by atoms with Crippen LogP contribution in [0.4, 0.5) is 13.2 Å². The molecule has 0 saturated heterocycles. The SMILES string of the molecule is FC(F)(F)COCc1cnc(CCCNC2CC2)o1. The van der Waals surface area contributed by atoms with E-state index in [2.05, 4.69) is 15.0 Å². The van der Waals surface area contributed by atoms with E-state index in [9.17, 15) is 13.2 Å². The zero-order valence-electron chi connectivity index (χ0n) is 10.5. The predicted molar refractivity (Wildman–Crippen MR) is 61.6 cm³/mol. The molecule has 1 heterocycles. The summed E-state index contributed by atoms with van der Waals surface area (Å²) < 4.78 is 45.4. The average Bonchev–Trinajstić information content (AvgIpc) is 3.03. The highest BCUT2D eigenvalue weighted by atomic mass is 19.4. The largest absolute Gasteiger partial charge is 0.443 e. The van der Waals surface area contributed by atoms with E-state index in [1.807, 2.05) is 0 Å². The number of aromatic nitrogens is 1. The van der Waals surface area contributed by atoms with Gasteiger partial charge in [-0.3, -0.25) is 0 Å². The Balaban J connectivity index is 1.60. The Kier molecular flexibility index (Phi) is 4.81. The highest BCUT2D eigenvalue weighted by Crippen LogP contribution is 2.18. The summed E-state index contributed by atoms with van der Waals surface area (Å²) in [6.45, 7) is -0.561. The van der Waals surface area contributed by atoms with Gasteiger partial charge in [0.25, 0.3) is 0 Å². The lowest BCUT2D eigenvalue weighted by atomic mass is 10.3. The first-order chi connectivity index (χ1) is 9.03. The number of aryl methyl sites for hydroxylation is 1. The van der Waals surface area contributed by atoms with E-state index >= 15 is 0 Å². The molecule has 108 valence electrons. The van der Waals surface area contributed by atoms with Gasteiger partial charge in [-0.15, -0.1) is 0 Å². The molecule has 0 bridgehead atoms. The van der Waals surface area contributed by atoms with Gasteiger partial charge in [-0.2, -0.15) is 13.2 Å². The number of nitrogens with one attached hydrogen (secondary N) is 1. The molecular weight excluding hydrogens is 261 g/mol. The smallest absolute Gasteiger partial charge is 0.411 e. The summed E-state index contributed by atoms with van der Waals surface area (Å²) in [5.74, 6) is 0.873. The predicted octanol–water partition coefficient (Wildman–Crippen LogP) is 2.44. The molecule has 1 aromatic rings. The Morgan fingerprint density at radius 2 is 2.21 bits per heavy atom. The van der Waals surface area contributed by atoms with Gasteiger partial charge in [0.05, 0.1) is 6.20 Å². The molecule has 1 saturated carbocycles. The van der Waals surface area contributed by atoms with Crippen molar-refractivity contribution in [1.82, 2.24) is 10.3 Å². The Morgan fingerprint density at radius 1 is 1.42 bits per heavy atom. The summed E-state index contributed by atoms with van der Waals surface area (Å²) in [6, 6.07) is 0.677. The molecule has 0 aromatic carbocycles. The van der Waals surface area contributed by atoms with Crippen molar-refractivity contribution in [2.24, 2.45) is 0 Å². The maximum Gasteiger partial charge on any atom is 0.411 e. The van der Waals surface area contributed by atoms with E-state index in [0.717, 1.165) is 13.0 Å². The maximum absolute atomic E-state index is 11.9. The van der Waals surface area contributed by atoms with Crippen molar-refractivity contribution >= 4 is 0 Å². The van der Waals surface area contributed by atoms with Gasteiger partial charge in [0.1, 0.15) is 19.0 Å². The molecule has 1 aliphatic carbocycles. The molecule has 0 unspecified atom stereocenters. The molecule has 1 aliphatic rings. The minimum absolute atomic E-state index is 0.202. The Hall–Kier alpha value is -1.08. The number of nitrogens with zero attached hydrogens (tertiary/aromatic N) is 1. The average molecular weight is 278 g/mol. The van der Waals surface area contributed by atoms with Crippen LogP contribution in [-0.4, -0.2) is 30.4 Å². The van der Waals surface area contributed by atoms with E-state index in [1.165, 1.54) is 19.0 Å². The minimum Gasteiger partial charge on any atom is -0.443 e. The number of hydrogen-bond donors (Lipinski definition) is 1. The topological polar surface area (TPSA) is 47.3 Å². The van der Waals surface area contributed by atoms with Crippen LogP contribution in [0.2, 0.25) is 0 Å². The molecule has 1 N–H and O–H groups in total. The standard InChI is InChI=1S/C12H17F3N2O2/c13-12(14,15)8-18-7-10-6-17-11(19-10)2-1-5-16-9-3-4-9/h6,9,16H,1-5,7-8H2. The van der Waals surface area contributed by atoms with Crippen molar-refractivity contribution in [2.75, 3.05) is 13.2 Å². The van der Waals surface area contributed by atoms with Crippen LogP contribution in [0.3, 0.4) is 0 Å². The molecule has 1 fully saturated rings. The summed E-state index contributed by atoms with van der Waals surface area (Å²) in [6.07, 6.45) is 1.19. The molecule has 0 radical (unpaired) electrons. The molecule has 0 aliphatic heterocycles. The first-order valence-corrected chi connectivity index (χ1v) is 6.34. The monoisotopic (exact) mass is 278 g/mol. The molecule has 1 aromatic heterocycles. The summed E-state index contributed by atoms with van der Waals surface area (Å²) >= 11 is 0. The van der Waals surface area contributed by atoms with Crippen molar-refractivity contribution in [3.05, 3.63) is 17.8 Å². The third-order valence-corrected chi connectivity index (χ3v) is 2.69. The normalized spacial score (nSPS) is 15.9. The van der Waals surface area contributed by atoms with Crippen LogP contribution in [0.15, 0.2) is 10.6 Å². The fourth-order valence-electron chi connectivity index (χ4n) is 1.63. The van der Waals surface area contributed by atoms with Crippen molar-refractivity contribution in [3.63, 3.8) is 0 Å². The molecule has 19 heavy (non-hydrogen) atoms. The third kappa shape index (κ3) is 6.07. The summed E-state index contributed by atoms with van der Waals surface area (Å²) in [5, 5.41) is 3.37. The molecule has 4 nitrogen and oxygen atoms in total. The van der Waals surface area contributed by atoms with Crippen molar-refractivity contribution in [3.8, 4) is 0 Å². The zero-order valence-corrected chi connectivity index (χ0v) is 10.5. The van der Waals surface area contributed by atoms with Crippen LogP contribution in [0, 0.1) is 0 Å². The third-order valence-electron chi connectivity index (χ3n) is 2.69. The Labute approximate surface area is 109 Å². The van der Waals surface area contributed by atoms with E-state index in [0.29, 0.717) is 24.1 Å². The lowest BCUT2D eigenvalue weighted by molar-refractivity contribution is -0.177. The van der Waals surface area contributed by atoms with Crippen LogP contribution < -0.4 is 5.32 Å². The number of oxazole rings is 1. The summed E-state index contributed by atoms with van der Waals surface area (Å²) in [4.78, 5) is 4.01. The van der Waals surface area contributed by atoms with Gasteiger partial charge in [-0.05, 0) is 25.8 Å². The Morgan fingerprint density at radius 3 is 2.89 bits per heavy atom. The number of alkyl halides is 3. The van der Waals surface area contributed by atoms with Gasteiger partial charge in [-0.1, -0.05) is 0 Å². The first-order valence-electron chi connectivity index (χ1n) is 6.34. The molecule has 0 atom stereocenters. The van der Waals surface area contributed by atoms with Crippen LogP contribution in [0.5, 0.6) is 0 Å². The zero-order chi connectivity index (χ0) is 13.7. The van der Waals surface area contributed by atoms with E-state index < -0.39 is 12.8 Å². The van der Waals surface area contributed by atoms with Gasteiger partial charge in [0.15, 0.2) is 5.89 Å². The van der Waals surface area contributed by atoms with E-state index in [1.54, 1.807) is 0 Å². The maximum atomic E-state index is 11.9.